The largest absolute Gasteiger partial charge is 0.372 e. The Balaban J connectivity index is 1.67. The van der Waals surface area contributed by atoms with Crippen molar-refractivity contribution in [3.63, 3.8) is 0 Å². The molecular weight excluding hydrogens is 375 g/mol. The van der Waals surface area contributed by atoms with Crippen LogP contribution in [0, 0.1) is 5.82 Å². The van der Waals surface area contributed by atoms with Crippen LogP contribution in [0.1, 0.15) is 25.3 Å². The van der Waals surface area contributed by atoms with Gasteiger partial charge in [0, 0.05) is 18.8 Å². The van der Waals surface area contributed by atoms with Crippen LogP contribution in [0.25, 0.3) is 5.57 Å². The number of halogens is 1. The lowest BCUT2D eigenvalue weighted by atomic mass is 10.1. The van der Waals surface area contributed by atoms with Crippen LogP contribution in [0.5, 0.6) is 0 Å². The van der Waals surface area contributed by atoms with Crippen molar-refractivity contribution < 1.29 is 14.0 Å². The third kappa shape index (κ3) is 3.33. The van der Waals surface area contributed by atoms with Gasteiger partial charge in [-0.05, 0) is 60.6 Å². The van der Waals surface area contributed by atoms with Gasteiger partial charge < -0.3 is 4.90 Å². The Labute approximate surface area is 168 Å². The first kappa shape index (κ1) is 18.7. The van der Waals surface area contributed by atoms with Crippen LogP contribution in [0.3, 0.4) is 0 Å². The van der Waals surface area contributed by atoms with E-state index in [-0.39, 0.29) is 17.6 Å². The van der Waals surface area contributed by atoms with Gasteiger partial charge in [-0.2, -0.15) is 0 Å². The van der Waals surface area contributed by atoms with E-state index in [9.17, 15) is 14.0 Å². The van der Waals surface area contributed by atoms with Gasteiger partial charge in [-0.15, -0.1) is 11.8 Å². The maximum Gasteiger partial charge on any atom is 0.272 e. The normalized spacial score (nSPS) is 17.2. The van der Waals surface area contributed by atoms with Crippen molar-refractivity contribution in [3.05, 3.63) is 64.8 Å². The van der Waals surface area contributed by atoms with Crippen LogP contribution in [0.15, 0.2) is 53.4 Å². The molecule has 0 unspecified atom stereocenters. The summed E-state index contributed by atoms with van der Waals surface area (Å²) in [6.45, 7) is 4.01. The number of hydrogen-bond donors (Lipinski definition) is 0. The molecule has 144 valence electrons. The number of nitrogens with zero attached hydrogens (tertiary/aromatic N) is 2. The monoisotopic (exact) mass is 396 g/mol. The second-order valence-electron chi connectivity index (χ2n) is 6.80. The molecular formula is C22H21FN2O2S. The third-order valence-corrected chi connectivity index (χ3v) is 6.00. The summed E-state index contributed by atoms with van der Waals surface area (Å²) in [5.41, 5.74) is 2.58. The topological polar surface area (TPSA) is 40.6 Å². The van der Waals surface area contributed by atoms with Crippen molar-refractivity contribution in [3.8, 4) is 0 Å². The summed E-state index contributed by atoms with van der Waals surface area (Å²) in [4.78, 5) is 30.1. The van der Waals surface area contributed by atoms with Crippen molar-refractivity contribution >= 4 is 40.5 Å². The van der Waals surface area contributed by atoms with Crippen molar-refractivity contribution in [2.45, 2.75) is 19.8 Å². The Kier molecular flexibility index (Phi) is 5.22. The zero-order valence-electron chi connectivity index (χ0n) is 15.7. The van der Waals surface area contributed by atoms with E-state index in [0.29, 0.717) is 27.5 Å². The molecule has 0 aliphatic carbocycles. The fourth-order valence-electron chi connectivity index (χ4n) is 3.68. The molecule has 4 nitrogen and oxygen atoms in total. The van der Waals surface area contributed by atoms with Gasteiger partial charge in [0.05, 0.1) is 16.2 Å². The summed E-state index contributed by atoms with van der Waals surface area (Å²) in [6.07, 6.45) is 2.38. The molecule has 0 saturated carbocycles. The van der Waals surface area contributed by atoms with Crippen molar-refractivity contribution in [1.82, 2.24) is 0 Å². The number of carbonyl (C=O) groups is 2. The van der Waals surface area contributed by atoms with E-state index in [0.717, 1.165) is 18.8 Å². The van der Waals surface area contributed by atoms with Gasteiger partial charge in [-0.3, -0.25) is 9.59 Å². The highest BCUT2D eigenvalue weighted by Crippen LogP contribution is 2.38. The standard InChI is InChI=1S/C22H21FN2O2S/c1-2-28-20-19(15-5-7-16(23)8-6-15)21(26)25(22(20)27)18-11-9-17(10-12-18)24-13-3-4-14-24/h5-12H,2-4,13-14H2,1H3. The van der Waals surface area contributed by atoms with Crippen molar-refractivity contribution in [2.24, 2.45) is 0 Å². The first-order chi connectivity index (χ1) is 13.6. The lowest BCUT2D eigenvalue weighted by Gasteiger charge is -2.20. The summed E-state index contributed by atoms with van der Waals surface area (Å²) >= 11 is 1.35. The molecule has 28 heavy (non-hydrogen) atoms. The molecule has 2 heterocycles. The Bertz CT molecular complexity index is 932. The predicted molar refractivity (Wildman–Crippen MR) is 112 cm³/mol. The van der Waals surface area contributed by atoms with Gasteiger partial charge in [-0.1, -0.05) is 19.1 Å². The summed E-state index contributed by atoms with van der Waals surface area (Å²) in [6, 6.07) is 13.3. The molecule has 0 bridgehead atoms. The molecule has 1 fully saturated rings. The minimum atomic E-state index is -0.375. The molecule has 0 spiro atoms. The van der Waals surface area contributed by atoms with E-state index >= 15 is 0 Å². The average Bonchev–Trinajstić information content (AvgIpc) is 3.31. The maximum atomic E-state index is 13.3. The van der Waals surface area contributed by atoms with Gasteiger partial charge in [0.2, 0.25) is 0 Å². The summed E-state index contributed by atoms with van der Waals surface area (Å²) in [5.74, 6) is -0.382. The molecule has 2 aromatic carbocycles. The molecule has 1 saturated heterocycles. The molecule has 0 radical (unpaired) electrons. The average molecular weight is 396 g/mol. The second kappa shape index (κ2) is 7.80. The summed E-state index contributed by atoms with van der Waals surface area (Å²) in [7, 11) is 0. The lowest BCUT2D eigenvalue weighted by molar-refractivity contribution is -0.119. The fraction of sp³-hybridized carbons (Fsp3) is 0.273. The summed E-state index contributed by atoms with van der Waals surface area (Å²) < 4.78 is 13.3. The van der Waals surface area contributed by atoms with Crippen LogP contribution in [-0.4, -0.2) is 30.7 Å². The molecule has 2 amide bonds. The van der Waals surface area contributed by atoms with Crippen LogP contribution in [0.2, 0.25) is 0 Å². The number of amides is 2. The van der Waals surface area contributed by atoms with Crippen LogP contribution < -0.4 is 9.80 Å². The molecule has 6 heteroatoms. The zero-order valence-corrected chi connectivity index (χ0v) is 16.5. The summed E-state index contributed by atoms with van der Waals surface area (Å²) in [5, 5.41) is 0. The number of hydrogen-bond acceptors (Lipinski definition) is 4. The van der Waals surface area contributed by atoms with E-state index in [1.165, 1.54) is 41.6 Å². The van der Waals surface area contributed by atoms with Gasteiger partial charge in [-0.25, -0.2) is 9.29 Å². The number of carbonyl (C=O) groups excluding carboxylic acids is 2. The zero-order chi connectivity index (χ0) is 19.7. The Morgan fingerprint density at radius 1 is 0.893 bits per heavy atom. The highest BCUT2D eigenvalue weighted by Gasteiger charge is 2.40. The number of benzene rings is 2. The van der Waals surface area contributed by atoms with Gasteiger partial charge >= 0.3 is 0 Å². The van der Waals surface area contributed by atoms with E-state index in [4.69, 9.17) is 0 Å². The predicted octanol–water partition coefficient (Wildman–Crippen LogP) is 4.46. The molecule has 2 aliphatic heterocycles. The van der Waals surface area contributed by atoms with E-state index in [2.05, 4.69) is 4.90 Å². The Morgan fingerprint density at radius 2 is 1.50 bits per heavy atom. The third-order valence-electron chi connectivity index (χ3n) is 5.04. The fourth-order valence-corrected chi connectivity index (χ4v) is 4.53. The number of thioether (sulfide) groups is 1. The van der Waals surface area contributed by atoms with E-state index < -0.39 is 0 Å². The quantitative estimate of drug-likeness (QED) is 0.700. The minimum absolute atomic E-state index is 0.315. The molecule has 0 aromatic heterocycles. The van der Waals surface area contributed by atoms with Crippen molar-refractivity contribution in [1.29, 1.82) is 0 Å². The number of anilines is 2. The molecule has 0 N–H and O–H groups in total. The minimum Gasteiger partial charge on any atom is -0.372 e. The van der Waals surface area contributed by atoms with Gasteiger partial charge in [0.15, 0.2) is 0 Å². The molecule has 2 aliphatic rings. The molecule has 0 atom stereocenters. The maximum absolute atomic E-state index is 13.3. The smallest absolute Gasteiger partial charge is 0.272 e. The molecule has 2 aromatic rings. The van der Waals surface area contributed by atoms with E-state index in [1.54, 1.807) is 12.1 Å². The first-order valence-electron chi connectivity index (χ1n) is 9.47. The SMILES string of the molecule is CCSC1=C(c2ccc(F)cc2)C(=O)N(c2ccc(N3CCCC3)cc2)C1=O. The second-order valence-corrected chi connectivity index (χ2v) is 8.07. The Hall–Kier alpha value is -2.60. The highest BCUT2D eigenvalue weighted by atomic mass is 32.2. The first-order valence-corrected chi connectivity index (χ1v) is 10.5. The highest BCUT2D eigenvalue weighted by molar-refractivity contribution is 8.04. The van der Waals surface area contributed by atoms with E-state index in [1.807, 2.05) is 31.2 Å². The molecule has 4 rings (SSSR count). The number of imide groups is 1. The van der Waals surface area contributed by atoms with Crippen molar-refractivity contribution in [2.75, 3.05) is 28.6 Å². The lowest BCUT2D eigenvalue weighted by Crippen LogP contribution is -2.31. The van der Waals surface area contributed by atoms with Crippen LogP contribution in [-0.2, 0) is 9.59 Å². The van der Waals surface area contributed by atoms with Crippen LogP contribution in [0.4, 0.5) is 15.8 Å². The number of rotatable bonds is 5. The van der Waals surface area contributed by atoms with Gasteiger partial charge in [0.25, 0.3) is 11.8 Å². The Morgan fingerprint density at radius 3 is 2.11 bits per heavy atom. The van der Waals surface area contributed by atoms with Gasteiger partial charge in [0.1, 0.15) is 5.82 Å². The van der Waals surface area contributed by atoms with Crippen LogP contribution >= 0.6 is 11.8 Å².